The van der Waals surface area contributed by atoms with Gasteiger partial charge in [-0.25, -0.2) is 8.42 Å². The van der Waals surface area contributed by atoms with Gasteiger partial charge in [-0.05, 0) is 29.7 Å². The molecule has 0 aromatic heterocycles. The van der Waals surface area contributed by atoms with Gasteiger partial charge >= 0.3 is 0 Å². The number of benzene rings is 1. The van der Waals surface area contributed by atoms with Crippen molar-refractivity contribution in [3.05, 3.63) is 29.3 Å². The Morgan fingerprint density at radius 2 is 2.18 bits per heavy atom. The van der Waals surface area contributed by atoms with Crippen molar-refractivity contribution in [1.82, 2.24) is 0 Å². The topological polar surface area (TPSA) is 69.4 Å². The number of sulfone groups is 1. The highest BCUT2D eigenvalue weighted by molar-refractivity contribution is 7.92. The van der Waals surface area contributed by atoms with Gasteiger partial charge in [-0.1, -0.05) is 13.0 Å². The first-order valence-electron chi connectivity index (χ1n) is 5.63. The molecule has 1 aliphatic carbocycles. The van der Waals surface area contributed by atoms with Gasteiger partial charge in [-0.2, -0.15) is 0 Å². The lowest BCUT2D eigenvalue weighted by Crippen LogP contribution is -2.31. The van der Waals surface area contributed by atoms with Crippen molar-refractivity contribution in [3.8, 4) is 5.75 Å². The van der Waals surface area contributed by atoms with E-state index in [0.29, 0.717) is 12.2 Å². The molecule has 0 bridgehead atoms. The normalized spacial score (nSPS) is 23.5. The Labute approximate surface area is 102 Å². The van der Waals surface area contributed by atoms with E-state index in [-0.39, 0.29) is 5.75 Å². The van der Waals surface area contributed by atoms with E-state index in [1.54, 1.807) is 14.0 Å². The molecule has 0 fully saturated rings. The van der Waals surface area contributed by atoms with Crippen LogP contribution in [-0.2, 0) is 16.3 Å². The van der Waals surface area contributed by atoms with Crippen LogP contribution in [0.1, 0.15) is 24.1 Å². The number of rotatable bonds is 3. The number of hydrogen-bond acceptors (Lipinski definition) is 4. The predicted molar refractivity (Wildman–Crippen MR) is 66.9 cm³/mol. The number of hydrogen-bond donors (Lipinski definition) is 1. The van der Waals surface area contributed by atoms with E-state index in [1.165, 1.54) is 0 Å². The minimum Gasteiger partial charge on any atom is -0.497 e. The standard InChI is InChI=1S/C12H17NO3S/c1-3-17(14,15)11-6-8-4-5-9(16-2)7-10(8)12(11)13/h4-5,7,11-12H,3,6,13H2,1-2H3. The molecule has 1 aliphatic rings. The predicted octanol–water partition coefficient (Wildman–Crippen LogP) is 1.05. The summed E-state index contributed by atoms with van der Waals surface area (Å²) in [5.41, 5.74) is 7.95. The van der Waals surface area contributed by atoms with E-state index in [9.17, 15) is 8.42 Å². The minimum absolute atomic E-state index is 0.135. The highest BCUT2D eigenvalue weighted by atomic mass is 32.2. The fraction of sp³-hybridized carbons (Fsp3) is 0.500. The summed E-state index contributed by atoms with van der Waals surface area (Å²) in [6.45, 7) is 1.66. The Bertz CT molecular complexity index is 525. The lowest BCUT2D eigenvalue weighted by molar-refractivity contribution is 0.414. The average molecular weight is 255 g/mol. The van der Waals surface area contributed by atoms with E-state index in [4.69, 9.17) is 10.5 Å². The van der Waals surface area contributed by atoms with Crippen molar-refractivity contribution in [1.29, 1.82) is 0 Å². The largest absolute Gasteiger partial charge is 0.497 e. The maximum Gasteiger partial charge on any atom is 0.155 e. The zero-order valence-corrected chi connectivity index (χ0v) is 10.8. The number of ether oxygens (including phenoxy) is 1. The highest BCUT2D eigenvalue weighted by Gasteiger charge is 2.37. The lowest BCUT2D eigenvalue weighted by Gasteiger charge is -2.15. The second-order valence-corrected chi connectivity index (χ2v) is 6.79. The van der Waals surface area contributed by atoms with Gasteiger partial charge in [0.25, 0.3) is 0 Å². The Morgan fingerprint density at radius 1 is 1.47 bits per heavy atom. The van der Waals surface area contributed by atoms with Crippen LogP contribution in [0, 0.1) is 0 Å². The maximum atomic E-state index is 11.9. The van der Waals surface area contributed by atoms with Gasteiger partial charge in [0.1, 0.15) is 5.75 Å². The summed E-state index contributed by atoms with van der Waals surface area (Å²) in [7, 11) is -1.51. The van der Waals surface area contributed by atoms with Crippen LogP contribution in [0.3, 0.4) is 0 Å². The van der Waals surface area contributed by atoms with Gasteiger partial charge in [-0.15, -0.1) is 0 Å². The molecule has 1 aromatic carbocycles. The Hall–Kier alpha value is -1.07. The summed E-state index contributed by atoms with van der Waals surface area (Å²) in [6.07, 6.45) is 0.511. The van der Waals surface area contributed by atoms with Crippen LogP contribution in [0.4, 0.5) is 0 Å². The molecule has 17 heavy (non-hydrogen) atoms. The fourth-order valence-electron chi connectivity index (χ4n) is 2.30. The Kier molecular flexibility index (Phi) is 3.14. The van der Waals surface area contributed by atoms with Crippen LogP contribution in [-0.4, -0.2) is 26.5 Å². The molecule has 0 amide bonds. The van der Waals surface area contributed by atoms with Crippen molar-refractivity contribution in [2.24, 2.45) is 5.73 Å². The average Bonchev–Trinajstić information content (AvgIpc) is 2.67. The second-order valence-electron chi connectivity index (χ2n) is 4.28. The minimum atomic E-state index is -3.10. The van der Waals surface area contributed by atoms with Crippen LogP contribution in [0.15, 0.2) is 18.2 Å². The lowest BCUT2D eigenvalue weighted by atomic mass is 10.1. The zero-order chi connectivity index (χ0) is 12.6. The summed E-state index contributed by atoms with van der Waals surface area (Å²) < 4.78 is 29.0. The van der Waals surface area contributed by atoms with Gasteiger partial charge in [0.05, 0.1) is 12.4 Å². The molecule has 0 saturated carbocycles. The van der Waals surface area contributed by atoms with Crippen molar-refractivity contribution in [2.75, 3.05) is 12.9 Å². The second kappa shape index (κ2) is 4.31. The van der Waals surface area contributed by atoms with Gasteiger partial charge in [0.2, 0.25) is 0 Å². The zero-order valence-electron chi connectivity index (χ0n) is 10.0. The van der Waals surface area contributed by atoms with Crippen LogP contribution in [0.5, 0.6) is 5.75 Å². The summed E-state index contributed by atoms with van der Waals surface area (Å²) >= 11 is 0. The smallest absolute Gasteiger partial charge is 0.155 e. The number of fused-ring (bicyclic) bond motifs is 1. The molecule has 0 radical (unpaired) electrons. The third-order valence-electron chi connectivity index (χ3n) is 3.40. The van der Waals surface area contributed by atoms with Gasteiger partial charge in [-0.3, -0.25) is 0 Å². The molecule has 0 spiro atoms. The van der Waals surface area contributed by atoms with E-state index >= 15 is 0 Å². The van der Waals surface area contributed by atoms with E-state index in [2.05, 4.69) is 0 Å². The molecule has 2 rings (SSSR count). The van der Waals surface area contributed by atoms with Crippen molar-refractivity contribution in [3.63, 3.8) is 0 Å². The van der Waals surface area contributed by atoms with Gasteiger partial charge in [0, 0.05) is 11.8 Å². The molecular weight excluding hydrogens is 238 g/mol. The van der Waals surface area contributed by atoms with Crippen LogP contribution in [0.25, 0.3) is 0 Å². The first kappa shape index (κ1) is 12.4. The third kappa shape index (κ3) is 2.05. The molecule has 1 aromatic rings. The van der Waals surface area contributed by atoms with E-state index in [1.807, 2.05) is 18.2 Å². The van der Waals surface area contributed by atoms with Crippen LogP contribution >= 0.6 is 0 Å². The van der Waals surface area contributed by atoms with Gasteiger partial charge < -0.3 is 10.5 Å². The molecule has 2 unspecified atom stereocenters. The summed E-state index contributed by atoms with van der Waals surface area (Å²) in [4.78, 5) is 0. The number of nitrogens with two attached hydrogens (primary N) is 1. The molecule has 2 atom stereocenters. The molecule has 2 N–H and O–H groups in total. The van der Waals surface area contributed by atoms with Crippen molar-refractivity contribution < 1.29 is 13.2 Å². The first-order chi connectivity index (χ1) is 7.99. The Morgan fingerprint density at radius 3 is 2.76 bits per heavy atom. The first-order valence-corrected chi connectivity index (χ1v) is 7.35. The third-order valence-corrected chi connectivity index (χ3v) is 5.58. The van der Waals surface area contributed by atoms with Crippen LogP contribution < -0.4 is 10.5 Å². The fourth-order valence-corrected chi connectivity index (χ4v) is 3.76. The molecule has 4 nitrogen and oxygen atoms in total. The summed E-state index contributed by atoms with van der Waals surface area (Å²) in [5, 5.41) is -0.491. The number of methoxy groups -OCH3 is 1. The van der Waals surface area contributed by atoms with Crippen molar-refractivity contribution in [2.45, 2.75) is 24.6 Å². The van der Waals surface area contributed by atoms with Crippen LogP contribution in [0.2, 0.25) is 0 Å². The molecule has 0 saturated heterocycles. The molecule has 94 valence electrons. The molecule has 0 aliphatic heterocycles. The quantitative estimate of drug-likeness (QED) is 0.876. The summed E-state index contributed by atoms with van der Waals surface area (Å²) in [6, 6.07) is 5.14. The monoisotopic (exact) mass is 255 g/mol. The molecule has 0 heterocycles. The van der Waals surface area contributed by atoms with Crippen molar-refractivity contribution >= 4 is 9.84 Å². The summed E-state index contributed by atoms with van der Waals surface area (Å²) in [5.74, 6) is 0.852. The van der Waals surface area contributed by atoms with Gasteiger partial charge in [0.15, 0.2) is 9.84 Å². The Balaban J connectivity index is 2.39. The maximum absolute atomic E-state index is 11.9. The molecule has 5 heteroatoms. The molecular formula is C12H17NO3S. The van der Waals surface area contributed by atoms with E-state index in [0.717, 1.165) is 11.1 Å². The highest BCUT2D eigenvalue weighted by Crippen LogP contribution is 2.36. The SMILES string of the molecule is CCS(=O)(=O)C1Cc2ccc(OC)cc2C1N. The van der Waals surface area contributed by atoms with E-state index < -0.39 is 21.1 Å².